The molecule has 2 aliphatic rings. The number of carbonyl (C=O) groups excluding carboxylic acids is 1. The van der Waals surface area contributed by atoms with Gasteiger partial charge < -0.3 is 25.6 Å². The maximum absolute atomic E-state index is 12.7. The highest BCUT2D eigenvalue weighted by molar-refractivity contribution is 8.03. The van der Waals surface area contributed by atoms with E-state index < -0.39 is 0 Å². The third kappa shape index (κ3) is 3.75. The van der Waals surface area contributed by atoms with Gasteiger partial charge in [0.1, 0.15) is 5.75 Å². The third-order valence-corrected chi connectivity index (χ3v) is 6.16. The van der Waals surface area contributed by atoms with Crippen molar-refractivity contribution in [3.05, 3.63) is 59.1 Å². The lowest BCUT2D eigenvalue weighted by Gasteiger charge is -2.31. The van der Waals surface area contributed by atoms with Crippen LogP contribution >= 0.6 is 11.8 Å². The van der Waals surface area contributed by atoms with Crippen molar-refractivity contribution in [2.75, 3.05) is 48.6 Å². The number of anilines is 3. The second-order valence-corrected chi connectivity index (χ2v) is 7.82. The lowest BCUT2D eigenvalue weighted by atomic mass is 10.1. The van der Waals surface area contributed by atoms with Crippen molar-refractivity contribution in [3.8, 4) is 5.75 Å². The SMILES string of the molecule is COc1cccc(NCC(=O)N2CCC3=C(C2)SCN3c2ccccc2N)c1. The number of hydrogen-bond acceptors (Lipinski definition) is 6. The van der Waals surface area contributed by atoms with Crippen LogP contribution in [0.5, 0.6) is 5.75 Å². The number of thioether (sulfide) groups is 1. The topological polar surface area (TPSA) is 70.8 Å². The van der Waals surface area contributed by atoms with E-state index in [1.165, 1.54) is 10.6 Å². The Morgan fingerprint density at radius 1 is 1.25 bits per heavy atom. The molecule has 3 N–H and O–H groups in total. The monoisotopic (exact) mass is 396 g/mol. The van der Waals surface area contributed by atoms with Gasteiger partial charge in [-0.15, -0.1) is 11.8 Å². The number of ether oxygens (including phenoxy) is 1. The summed E-state index contributed by atoms with van der Waals surface area (Å²) in [4.78, 5) is 18.2. The van der Waals surface area contributed by atoms with Gasteiger partial charge in [0.15, 0.2) is 0 Å². The average Bonchev–Trinajstić information content (AvgIpc) is 3.15. The fourth-order valence-electron chi connectivity index (χ4n) is 3.54. The summed E-state index contributed by atoms with van der Waals surface area (Å²) < 4.78 is 5.22. The van der Waals surface area contributed by atoms with E-state index in [-0.39, 0.29) is 12.5 Å². The number of rotatable bonds is 5. The van der Waals surface area contributed by atoms with E-state index >= 15 is 0 Å². The molecule has 0 fully saturated rings. The van der Waals surface area contributed by atoms with Gasteiger partial charge in [-0.05, 0) is 24.3 Å². The summed E-state index contributed by atoms with van der Waals surface area (Å²) in [6, 6.07) is 15.6. The molecule has 28 heavy (non-hydrogen) atoms. The standard InChI is InChI=1S/C21H24N4O2S/c1-27-16-6-4-5-15(11-16)23-12-21(26)24-10-9-19-20(13-24)28-14-25(19)18-8-3-2-7-17(18)22/h2-8,11,23H,9-10,12-14,22H2,1H3. The zero-order valence-corrected chi connectivity index (χ0v) is 16.7. The highest BCUT2D eigenvalue weighted by Gasteiger charge is 2.31. The van der Waals surface area contributed by atoms with Crippen molar-refractivity contribution in [1.29, 1.82) is 0 Å². The Bertz CT molecular complexity index is 915. The van der Waals surface area contributed by atoms with E-state index in [0.717, 1.165) is 41.7 Å². The maximum atomic E-state index is 12.7. The van der Waals surface area contributed by atoms with Crippen LogP contribution in [0.1, 0.15) is 6.42 Å². The van der Waals surface area contributed by atoms with E-state index in [1.807, 2.05) is 47.4 Å². The Labute approximate surface area is 169 Å². The van der Waals surface area contributed by atoms with E-state index in [1.54, 1.807) is 18.9 Å². The first kappa shape index (κ1) is 18.6. The molecule has 0 radical (unpaired) electrons. The molecule has 7 heteroatoms. The lowest BCUT2D eigenvalue weighted by Crippen LogP contribution is -2.40. The number of methoxy groups -OCH3 is 1. The minimum atomic E-state index is 0.104. The summed E-state index contributed by atoms with van der Waals surface area (Å²) in [7, 11) is 1.63. The quantitative estimate of drug-likeness (QED) is 0.756. The first-order valence-electron chi connectivity index (χ1n) is 9.28. The fourth-order valence-corrected chi connectivity index (χ4v) is 4.75. The Balaban J connectivity index is 1.39. The zero-order chi connectivity index (χ0) is 19.5. The zero-order valence-electron chi connectivity index (χ0n) is 15.9. The van der Waals surface area contributed by atoms with Crippen LogP contribution in [0.15, 0.2) is 59.1 Å². The minimum Gasteiger partial charge on any atom is -0.497 e. The summed E-state index contributed by atoms with van der Waals surface area (Å²) >= 11 is 1.80. The van der Waals surface area contributed by atoms with Crippen LogP contribution in [0, 0.1) is 0 Å². The Morgan fingerprint density at radius 3 is 2.93 bits per heavy atom. The van der Waals surface area contributed by atoms with Crippen molar-refractivity contribution < 1.29 is 9.53 Å². The van der Waals surface area contributed by atoms with Crippen molar-refractivity contribution >= 4 is 34.7 Å². The summed E-state index contributed by atoms with van der Waals surface area (Å²) in [5, 5.41) is 3.20. The molecule has 2 aromatic rings. The van der Waals surface area contributed by atoms with Gasteiger partial charge in [-0.25, -0.2) is 0 Å². The molecular formula is C21H24N4O2S. The molecular weight excluding hydrogens is 372 g/mol. The van der Waals surface area contributed by atoms with Crippen LogP contribution in [-0.4, -0.2) is 43.4 Å². The molecule has 0 aliphatic carbocycles. The Morgan fingerprint density at radius 2 is 2.11 bits per heavy atom. The maximum Gasteiger partial charge on any atom is 0.242 e. The van der Waals surface area contributed by atoms with E-state index in [4.69, 9.17) is 10.5 Å². The summed E-state index contributed by atoms with van der Waals surface area (Å²) in [6.45, 7) is 1.67. The van der Waals surface area contributed by atoms with Gasteiger partial charge in [0, 0.05) is 35.3 Å². The minimum absolute atomic E-state index is 0.104. The molecule has 0 atom stereocenters. The van der Waals surface area contributed by atoms with Crippen LogP contribution in [0.25, 0.3) is 0 Å². The van der Waals surface area contributed by atoms with Crippen LogP contribution in [0.2, 0.25) is 0 Å². The largest absolute Gasteiger partial charge is 0.497 e. The highest BCUT2D eigenvalue weighted by Crippen LogP contribution is 2.41. The first-order valence-corrected chi connectivity index (χ1v) is 10.3. The molecule has 1 amide bonds. The fraction of sp³-hybridized carbons (Fsp3) is 0.286. The normalized spacial score (nSPS) is 16.2. The lowest BCUT2D eigenvalue weighted by molar-refractivity contribution is -0.129. The van der Waals surface area contributed by atoms with Crippen molar-refractivity contribution in [2.45, 2.75) is 6.42 Å². The third-order valence-electron chi connectivity index (χ3n) is 5.06. The van der Waals surface area contributed by atoms with Crippen LogP contribution in [0.3, 0.4) is 0 Å². The summed E-state index contributed by atoms with van der Waals surface area (Å²) in [5.41, 5.74) is 10.2. The van der Waals surface area contributed by atoms with Gasteiger partial charge in [0.2, 0.25) is 5.91 Å². The number of nitrogen functional groups attached to an aromatic ring is 1. The van der Waals surface area contributed by atoms with Crippen molar-refractivity contribution in [3.63, 3.8) is 0 Å². The molecule has 4 rings (SSSR count). The molecule has 2 aromatic carbocycles. The van der Waals surface area contributed by atoms with E-state index in [9.17, 15) is 4.79 Å². The number of hydrogen-bond donors (Lipinski definition) is 2. The van der Waals surface area contributed by atoms with Gasteiger partial charge in [-0.3, -0.25) is 4.79 Å². The van der Waals surface area contributed by atoms with Gasteiger partial charge in [0.25, 0.3) is 0 Å². The molecule has 146 valence electrons. The second kappa shape index (κ2) is 8.06. The number of benzene rings is 2. The van der Waals surface area contributed by atoms with E-state index in [2.05, 4.69) is 16.3 Å². The van der Waals surface area contributed by atoms with Gasteiger partial charge in [-0.1, -0.05) is 18.2 Å². The van der Waals surface area contributed by atoms with Crippen molar-refractivity contribution in [2.24, 2.45) is 0 Å². The van der Waals surface area contributed by atoms with E-state index in [0.29, 0.717) is 6.54 Å². The highest BCUT2D eigenvalue weighted by atomic mass is 32.2. The molecule has 6 nitrogen and oxygen atoms in total. The van der Waals surface area contributed by atoms with Gasteiger partial charge >= 0.3 is 0 Å². The van der Waals surface area contributed by atoms with Crippen molar-refractivity contribution in [1.82, 2.24) is 4.90 Å². The predicted molar refractivity (Wildman–Crippen MR) is 115 cm³/mol. The number of amides is 1. The average molecular weight is 397 g/mol. The summed E-state index contributed by atoms with van der Waals surface area (Å²) in [6.07, 6.45) is 0.849. The smallest absolute Gasteiger partial charge is 0.242 e. The Kier molecular flexibility index (Phi) is 5.34. The molecule has 0 saturated heterocycles. The van der Waals surface area contributed by atoms with Crippen LogP contribution in [0.4, 0.5) is 17.1 Å². The Hall–Kier alpha value is -2.80. The molecule has 2 heterocycles. The van der Waals surface area contributed by atoms with Gasteiger partial charge in [-0.2, -0.15) is 0 Å². The molecule has 2 aliphatic heterocycles. The molecule has 0 bridgehead atoms. The predicted octanol–water partition coefficient (Wildman–Crippen LogP) is 3.34. The van der Waals surface area contributed by atoms with Crippen LogP contribution < -0.4 is 20.7 Å². The number of nitrogens with two attached hydrogens (primary N) is 1. The number of carbonyl (C=O) groups is 1. The van der Waals surface area contributed by atoms with Crippen LogP contribution in [-0.2, 0) is 4.79 Å². The molecule has 0 spiro atoms. The first-order chi connectivity index (χ1) is 13.7. The molecule has 0 unspecified atom stereocenters. The summed E-state index contributed by atoms with van der Waals surface area (Å²) in [5.74, 6) is 1.73. The molecule has 0 saturated carbocycles. The molecule has 0 aromatic heterocycles. The number of para-hydroxylation sites is 2. The number of nitrogens with zero attached hydrogens (tertiary/aromatic N) is 2. The van der Waals surface area contributed by atoms with Gasteiger partial charge in [0.05, 0.1) is 37.5 Å². The number of nitrogens with one attached hydrogen (secondary N) is 1. The second-order valence-electron chi connectivity index (χ2n) is 6.78.